The molecule has 84 valence electrons. The monoisotopic (exact) mass is 212 g/mol. The van der Waals surface area contributed by atoms with Crippen LogP contribution < -0.4 is 16.5 Å². The zero-order valence-electron chi connectivity index (χ0n) is 8.75. The summed E-state index contributed by atoms with van der Waals surface area (Å²) >= 11 is 0. The van der Waals surface area contributed by atoms with E-state index in [-0.39, 0.29) is 17.9 Å². The lowest BCUT2D eigenvalue weighted by molar-refractivity contribution is -0.121. The third kappa shape index (κ3) is 3.67. The lowest BCUT2D eigenvalue weighted by Crippen LogP contribution is -2.42. The second-order valence-electron chi connectivity index (χ2n) is 3.47. The maximum atomic E-state index is 11.5. The number of hydrogen-bond donors (Lipinski definition) is 3. The average Bonchev–Trinajstić information content (AvgIpc) is 2.26. The standard InChI is InChI=1S/C9H16N4O2/c1-2-6(10)5-11-9(15)7-3-4-8(14)13-12-7/h6H,2-5,10H2,1H3,(H,11,15)(H,13,14). The molecule has 6 nitrogen and oxygen atoms in total. The first-order valence-corrected chi connectivity index (χ1v) is 5.02. The van der Waals surface area contributed by atoms with Crippen LogP contribution in [-0.2, 0) is 9.59 Å². The number of carbonyl (C=O) groups is 2. The third-order valence-corrected chi connectivity index (χ3v) is 2.22. The SMILES string of the molecule is CCC(N)CNC(=O)C1=NNC(=O)CC1. The van der Waals surface area contributed by atoms with Crippen molar-refractivity contribution in [3.8, 4) is 0 Å². The fourth-order valence-corrected chi connectivity index (χ4v) is 1.11. The topological polar surface area (TPSA) is 96.6 Å². The van der Waals surface area contributed by atoms with E-state index in [1.54, 1.807) is 0 Å². The minimum atomic E-state index is -0.251. The van der Waals surface area contributed by atoms with Gasteiger partial charge in [-0.2, -0.15) is 5.10 Å². The van der Waals surface area contributed by atoms with Gasteiger partial charge in [0, 0.05) is 25.4 Å². The summed E-state index contributed by atoms with van der Waals surface area (Å²) in [5.74, 6) is -0.407. The van der Waals surface area contributed by atoms with Crippen LogP contribution in [0.5, 0.6) is 0 Å². The highest BCUT2D eigenvalue weighted by atomic mass is 16.2. The Morgan fingerprint density at radius 3 is 2.93 bits per heavy atom. The van der Waals surface area contributed by atoms with E-state index < -0.39 is 0 Å². The number of rotatable bonds is 4. The number of carbonyl (C=O) groups excluding carboxylic acids is 2. The molecule has 1 rings (SSSR count). The number of nitrogens with zero attached hydrogens (tertiary/aromatic N) is 1. The molecule has 0 aromatic carbocycles. The number of amides is 2. The molecule has 1 aliphatic heterocycles. The van der Waals surface area contributed by atoms with E-state index in [0.717, 1.165) is 6.42 Å². The van der Waals surface area contributed by atoms with Crippen LogP contribution >= 0.6 is 0 Å². The van der Waals surface area contributed by atoms with Crippen molar-refractivity contribution in [1.82, 2.24) is 10.7 Å². The lowest BCUT2D eigenvalue weighted by Gasteiger charge is -2.13. The predicted octanol–water partition coefficient (Wildman–Crippen LogP) is -0.894. The van der Waals surface area contributed by atoms with Crippen LogP contribution in [0.15, 0.2) is 5.10 Å². The number of hydrazone groups is 1. The molecule has 1 aliphatic rings. The fourth-order valence-electron chi connectivity index (χ4n) is 1.11. The van der Waals surface area contributed by atoms with Crippen molar-refractivity contribution in [2.75, 3.05) is 6.54 Å². The molecule has 2 amide bonds. The van der Waals surface area contributed by atoms with Gasteiger partial charge in [-0.15, -0.1) is 0 Å². The summed E-state index contributed by atoms with van der Waals surface area (Å²) in [7, 11) is 0. The number of nitrogens with two attached hydrogens (primary N) is 1. The fraction of sp³-hybridized carbons (Fsp3) is 0.667. The zero-order chi connectivity index (χ0) is 11.3. The Hall–Kier alpha value is -1.43. The summed E-state index contributed by atoms with van der Waals surface area (Å²) in [6, 6.07) is -0.0345. The Kier molecular flexibility index (Phi) is 4.23. The van der Waals surface area contributed by atoms with E-state index in [1.807, 2.05) is 6.92 Å². The van der Waals surface area contributed by atoms with Gasteiger partial charge in [0.05, 0.1) is 0 Å². The molecule has 4 N–H and O–H groups in total. The molecular weight excluding hydrogens is 196 g/mol. The molecular formula is C9H16N4O2. The molecule has 0 spiro atoms. The van der Waals surface area contributed by atoms with E-state index in [4.69, 9.17) is 5.73 Å². The minimum absolute atomic E-state index is 0.0345. The molecule has 1 unspecified atom stereocenters. The van der Waals surface area contributed by atoms with Gasteiger partial charge in [-0.25, -0.2) is 5.43 Å². The summed E-state index contributed by atoms with van der Waals surface area (Å²) in [6.45, 7) is 2.39. The molecule has 0 aliphatic carbocycles. The maximum Gasteiger partial charge on any atom is 0.267 e. The molecule has 0 radical (unpaired) electrons. The van der Waals surface area contributed by atoms with Gasteiger partial charge >= 0.3 is 0 Å². The lowest BCUT2D eigenvalue weighted by atomic mass is 10.1. The molecule has 0 aromatic rings. The first-order valence-electron chi connectivity index (χ1n) is 5.02. The van der Waals surface area contributed by atoms with E-state index in [1.165, 1.54) is 0 Å². The predicted molar refractivity (Wildman–Crippen MR) is 56.1 cm³/mol. The normalized spacial score (nSPS) is 17.7. The van der Waals surface area contributed by atoms with Gasteiger partial charge in [-0.3, -0.25) is 9.59 Å². The first kappa shape index (κ1) is 11.6. The second kappa shape index (κ2) is 5.45. The highest BCUT2D eigenvalue weighted by Crippen LogP contribution is 1.99. The second-order valence-corrected chi connectivity index (χ2v) is 3.47. The Morgan fingerprint density at radius 2 is 2.40 bits per heavy atom. The van der Waals surface area contributed by atoms with Crippen molar-refractivity contribution >= 4 is 17.5 Å². The molecule has 0 saturated heterocycles. The van der Waals surface area contributed by atoms with Gasteiger partial charge in [-0.1, -0.05) is 6.92 Å². The smallest absolute Gasteiger partial charge is 0.267 e. The Labute approximate surface area is 88.3 Å². The highest BCUT2D eigenvalue weighted by Gasteiger charge is 2.18. The summed E-state index contributed by atoms with van der Waals surface area (Å²) in [4.78, 5) is 22.3. The van der Waals surface area contributed by atoms with Crippen LogP contribution in [0.1, 0.15) is 26.2 Å². The quantitative estimate of drug-likeness (QED) is 0.563. The van der Waals surface area contributed by atoms with E-state index in [0.29, 0.717) is 25.1 Å². The van der Waals surface area contributed by atoms with E-state index in [9.17, 15) is 9.59 Å². The molecule has 0 fully saturated rings. The molecule has 0 aromatic heterocycles. The largest absolute Gasteiger partial charge is 0.349 e. The first-order chi connectivity index (χ1) is 7.13. The summed E-state index contributed by atoms with van der Waals surface area (Å²) in [6.07, 6.45) is 1.51. The molecule has 1 heterocycles. The van der Waals surface area contributed by atoms with Crippen LogP contribution in [0.3, 0.4) is 0 Å². The van der Waals surface area contributed by atoms with E-state index in [2.05, 4.69) is 15.8 Å². The summed E-state index contributed by atoms with van der Waals surface area (Å²) in [5, 5.41) is 6.35. The van der Waals surface area contributed by atoms with Gasteiger partial charge in [-0.05, 0) is 6.42 Å². The maximum absolute atomic E-state index is 11.5. The molecule has 1 atom stereocenters. The van der Waals surface area contributed by atoms with Gasteiger partial charge in [0.1, 0.15) is 5.71 Å². The van der Waals surface area contributed by atoms with Gasteiger partial charge in [0.25, 0.3) is 5.91 Å². The molecule has 0 saturated carbocycles. The average molecular weight is 212 g/mol. The molecule has 0 bridgehead atoms. The van der Waals surface area contributed by atoms with Crippen molar-refractivity contribution in [2.45, 2.75) is 32.2 Å². The Bertz CT molecular complexity index is 288. The molecule has 15 heavy (non-hydrogen) atoms. The van der Waals surface area contributed by atoms with Crippen LogP contribution in [0.25, 0.3) is 0 Å². The number of nitrogens with one attached hydrogen (secondary N) is 2. The van der Waals surface area contributed by atoms with Crippen LogP contribution in [-0.4, -0.2) is 30.1 Å². The summed E-state index contributed by atoms with van der Waals surface area (Å²) < 4.78 is 0. The van der Waals surface area contributed by atoms with Crippen molar-refractivity contribution < 1.29 is 9.59 Å². The molecule has 6 heteroatoms. The Morgan fingerprint density at radius 1 is 1.67 bits per heavy atom. The van der Waals surface area contributed by atoms with Gasteiger partial charge in [0.2, 0.25) is 5.91 Å². The third-order valence-electron chi connectivity index (χ3n) is 2.22. The van der Waals surface area contributed by atoms with Gasteiger partial charge in [0.15, 0.2) is 0 Å². The van der Waals surface area contributed by atoms with Crippen molar-refractivity contribution in [1.29, 1.82) is 0 Å². The van der Waals surface area contributed by atoms with Crippen LogP contribution in [0, 0.1) is 0 Å². The zero-order valence-corrected chi connectivity index (χ0v) is 8.75. The summed E-state index contributed by atoms with van der Waals surface area (Å²) in [5.41, 5.74) is 8.28. The minimum Gasteiger partial charge on any atom is -0.349 e. The van der Waals surface area contributed by atoms with Crippen LogP contribution in [0.4, 0.5) is 0 Å². The van der Waals surface area contributed by atoms with E-state index >= 15 is 0 Å². The number of hydrogen-bond acceptors (Lipinski definition) is 4. The van der Waals surface area contributed by atoms with Crippen molar-refractivity contribution in [3.05, 3.63) is 0 Å². The Balaban J connectivity index is 2.37. The van der Waals surface area contributed by atoms with Crippen molar-refractivity contribution in [3.63, 3.8) is 0 Å². The van der Waals surface area contributed by atoms with Crippen LogP contribution in [0.2, 0.25) is 0 Å². The van der Waals surface area contributed by atoms with Gasteiger partial charge < -0.3 is 11.1 Å². The highest BCUT2D eigenvalue weighted by molar-refractivity contribution is 6.39. The van der Waals surface area contributed by atoms with Crippen molar-refractivity contribution in [2.24, 2.45) is 10.8 Å².